The number of hydrogen-bond donors (Lipinski definition) is 0. The molecule has 5 nitrogen and oxygen atoms in total. The molecule has 1 amide bonds. The van der Waals surface area contributed by atoms with E-state index < -0.39 is 16.1 Å². The van der Waals surface area contributed by atoms with Gasteiger partial charge in [-0.1, -0.05) is 32.0 Å². The van der Waals surface area contributed by atoms with Crippen LogP contribution in [-0.4, -0.2) is 49.7 Å². The van der Waals surface area contributed by atoms with Gasteiger partial charge in [0.15, 0.2) is 0 Å². The average Bonchev–Trinajstić information content (AvgIpc) is 2.96. The molecule has 0 N–H and O–H groups in total. The molecule has 1 aliphatic rings. The van der Waals surface area contributed by atoms with Gasteiger partial charge in [-0.3, -0.25) is 4.79 Å². The zero-order chi connectivity index (χ0) is 16.3. The van der Waals surface area contributed by atoms with Gasteiger partial charge in [-0.25, -0.2) is 8.42 Å². The number of likely N-dealkylation sites (N-methyl/N-ethyl adjacent to an activating group) is 1. The van der Waals surface area contributed by atoms with Gasteiger partial charge < -0.3 is 4.90 Å². The van der Waals surface area contributed by atoms with Gasteiger partial charge in [-0.2, -0.15) is 4.31 Å². The van der Waals surface area contributed by atoms with Crippen molar-refractivity contribution in [3.63, 3.8) is 0 Å². The molecule has 0 aromatic heterocycles. The molecule has 122 valence electrons. The third kappa shape index (κ3) is 3.50. The third-order valence-electron chi connectivity index (χ3n) is 3.85. The van der Waals surface area contributed by atoms with Crippen LogP contribution in [0.25, 0.3) is 0 Å². The van der Waals surface area contributed by atoms with Crippen molar-refractivity contribution in [3.05, 3.63) is 30.3 Å². The van der Waals surface area contributed by atoms with Gasteiger partial charge >= 0.3 is 0 Å². The SMILES string of the molecule is CC(C)CN(C)C(=O)C1CCCN1S(=O)(=O)c1ccccc1. The van der Waals surface area contributed by atoms with Crippen molar-refractivity contribution in [2.45, 2.75) is 37.6 Å². The summed E-state index contributed by atoms with van der Waals surface area (Å²) in [5.41, 5.74) is 0. The van der Waals surface area contributed by atoms with Crippen molar-refractivity contribution in [1.82, 2.24) is 9.21 Å². The molecule has 0 saturated carbocycles. The van der Waals surface area contributed by atoms with Gasteiger partial charge in [0.1, 0.15) is 6.04 Å². The predicted octanol–water partition coefficient (Wildman–Crippen LogP) is 1.95. The number of sulfonamides is 1. The van der Waals surface area contributed by atoms with E-state index in [9.17, 15) is 13.2 Å². The highest BCUT2D eigenvalue weighted by molar-refractivity contribution is 7.89. The lowest BCUT2D eigenvalue weighted by molar-refractivity contribution is -0.133. The molecule has 6 heteroatoms. The summed E-state index contributed by atoms with van der Waals surface area (Å²) in [6.07, 6.45) is 1.31. The average molecular weight is 324 g/mol. The van der Waals surface area contributed by atoms with Crippen LogP contribution < -0.4 is 0 Å². The quantitative estimate of drug-likeness (QED) is 0.832. The molecule has 0 bridgehead atoms. The van der Waals surface area contributed by atoms with Crippen molar-refractivity contribution in [2.75, 3.05) is 20.1 Å². The number of rotatable bonds is 5. The van der Waals surface area contributed by atoms with Crippen LogP contribution >= 0.6 is 0 Å². The highest BCUT2D eigenvalue weighted by Gasteiger charge is 2.40. The van der Waals surface area contributed by atoms with Crippen LogP contribution in [-0.2, 0) is 14.8 Å². The summed E-state index contributed by atoms with van der Waals surface area (Å²) in [5.74, 6) is 0.250. The first-order chi connectivity index (χ1) is 10.3. The Kier molecular flexibility index (Phi) is 5.24. The van der Waals surface area contributed by atoms with Gasteiger partial charge in [0.05, 0.1) is 4.90 Å². The Morgan fingerprint density at radius 1 is 1.32 bits per heavy atom. The van der Waals surface area contributed by atoms with Gasteiger partial charge in [-0.15, -0.1) is 0 Å². The largest absolute Gasteiger partial charge is 0.344 e. The molecule has 1 heterocycles. The molecule has 22 heavy (non-hydrogen) atoms. The van der Waals surface area contributed by atoms with E-state index in [1.54, 1.807) is 42.3 Å². The zero-order valence-electron chi connectivity index (χ0n) is 13.4. The van der Waals surface area contributed by atoms with Crippen molar-refractivity contribution in [2.24, 2.45) is 5.92 Å². The van der Waals surface area contributed by atoms with Crippen LogP contribution in [0.4, 0.5) is 0 Å². The Labute approximate surface area is 133 Å². The first kappa shape index (κ1) is 17.0. The molecular weight excluding hydrogens is 300 g/mol. The van der Waals surface area contributed by atoms with Crippen LogP contribution in [0, 0.1) is 5.92 Å². The van der Waals surface area contributed by atoms with Crippen LogP contribution in [0.5, 0.6) is 0 Å². The van der Waals surface area contributed by atoms with Crippen molar-refractivity contribution >= 4 is 15.9 Å². The van der Waals surface area contributed by atoms with E-state index >= 15 is 0 Å². The second kappa shape index (κ2) is 6.79. The summed E-state index contributed by atoms with van der Waals surface area (Å²) in [7, 11) is -1.87. The molecule has 1 aromatic carbocycles. The lowest BCUT2D eigenvalue weighted by Gasteiger charge is -2.28. The van der Waals surface area contributed by atoms with Crippen molar-refractivity contribution < 1.29 is 13.2 Å². The topological polar surface area (TPSA) is 57.7 Å². The van der Waals surface area contributed by atoms with Gasteiger partial charge in [0.2, 0.25) is 15.9 Å². The molecule has 2 rings (SSSR count). The Hall–Kier alpha value is -1.40. The summed E-state index contributed by atoms with van der Waals surface area (Å²) in [5, 5.41) is 0. The summed E-state index contributed by atoms with van der Waals surface area (Å²) in [4.78, 5) is 14.5. The molecule has 1 aliphatic heterocycles. The monoisotopic (exact) mass is 324 g/mol. The molecule has 1 atom stereocenters. The Morgan fingerprint density at radius 2 is 1.95 bits per heavy atom. The van der Waals surface area contributed by atoms with Crippen LogP contribution in [0.15, 0.2) is 35.2 Å². The number of carbonyl (C=O) groups is 1. The fraction of sp³-hybridized carbons (Fsp3) is 0.562. The molecular formula is C16H24N2O3S. The number of hydrogen-bond acceptors (Lipinski definition) is 3. The van der Waals surface area contributed by atoms with Crippen molar-refractivity contribution in [3.8, 4) is 0 Å². The standard InChI is InChI=1S/C16H24N2O3S/c1-13(2)12-17(3)16(19)15-10-7-11-18(15)22(20,21)14-8-5-4-6-9-14/h4-6,8-9,13,15H,7,10-12H2,1-3H3. The molecule has 0 aliphatic carbocycles. The summed E-state index contributed by atoms with van der Waals surface area (Å²) in [6, 6.07) is 7.76. The molecule has 0 radical (unpaired) electrons. The summed E-state index contributed by atoms with van der Waals surface area (Å²) >= 11 is 0. The summed E-state index contributed by atoms with van der Waals surface area (Å²) in [6.45, 7) is 5.12. The third-order valence-corrected chi connectivity index (χ3v) is 5.78. The van der Waals surface area contributed by atoms with Crippen LogP contribution in [0.1, 0.15) is 26.7 Å². The summed E-state index contributed by atoms with van der Waals surface area (Å²) < 4.78 is 26.9. The number of amides is 1. The Bertz CT molecular complexity index is 614. The fourth-order valence-electron chi connectivity index (χ4n) is 2.89. The smallest absolute Gasteiger partial charge is 0.243 e. The van der Waals surface area contributed by atoms with E-state index in [4.69, 9.17) is 0 Å². The second-order valence-corrected chi connectivity index (χ2v) is 8.09. The van der Waals surface area contributed by atoms with Crippen LogP contribution in [0.3, 0.4) is 0 Å². The Balaban J connectivity index is 2.22. The van der Waals surface area contributed by atoms with E-state index in [0.717, 1.165) is 6.42 Å². The van der Waals surface area contributed by atoms with E-state index in [2.05, 4.69) is 0 Å². The maximum absolute atomic E-state index is 12.7. The maximum Gasteiger partial charge on any atom is 0.243 e. The molecule has 0 spiro atoms. The number of benzene rings is 1. The predicted molar refractivity (Wildman–Crippen MR) is 85.8 cm³/mol. The molecule has 1 saturated heterocycles. The van der Waals surface area contributed by atoms with E-state index in [1.807, 2.05) is 13.8 Å². The zero-order valence-corrected chi connectivity index (χ0v) is 14.2. The normalized spacial score (nSPS) is 19.5. The highest BCUT2D eigenvalue weighted by Crippen LogP contribution is 2.27. The minimum Gasteiger partial charge on any atom is -0.344 e. The van der Waals surface area contributed by atoms with E-state index in [-0.39, 0.29) is 10.8 Å². The lowest BCUT2D eigenvalue weighted by Crippen LogP contribution is -2.47. The lowest BCUT2D eigenvalue weighted by atomic mass is 10.1. The molecule has 1 fully saturated rings. The maximum atomic E-state index is 12.7. The number of nitrogens with zero attached hydrogens (tertiary/aromatic N) is 2. The molecule has 1 aromatic rings. The van der Waals surface area contributed by atoms with E-state index in [0.29, 0.717) is 25.4 Å². The second-order valence-electron chi connectivity index (χ2n) is 6.20. The fourth-order valence-corrected chi connectivity index (χ4v) is 4.57. The van der Waals surface area contributed by atoms with Crippen molar-refractivity contribution in [1.29, 1.82) is 0 Å². The first-order valence-electron chi connectivity index (χ1n) is 7.66. The first-order valence-corrected chi connectivity index (χ1v) is 9.10. The molecule has 1 unspecified atom stereocenters. The highest BCUT2D eigenvalue weighted by atomic mass is 32.2. The van der Waals surface area contributed by atoms with Gasteiger partial charge in [0, 0.05) is 20.1 Å². The van der Waals surface area contributed by atoms with Crippen LogP contribution in [0.2, 0.25) is 0 Å². The number of carbonyl (C=O) groups excluding carboxylic acids is 1. The minimum atomic E-state index is -3.61. The van der Waals surface area contributed by atoms with Gasteiger partial charge in [-0.05, 0) is 30.9 Å². The Morgan fingerprint density at radius 3 is 2.55 bits per heavy atom. The minimum absolute atomic E-state index is 0.106. The van der Waals surface area contributed by atoms with Gasteiger partial charge in [0.25, 0.3) is 0 Å². The van der Waals surface area contributed by atoms with E-state index in [1.165, 1.54) is 4.31 Å².